The summed E-state index contributed by atoms with van der Waals surface area (Å²) < 4.78 is 0. The summed E-state index contributed by atoms with van der Waals surface area (Å²) in [4.78, 5) is 37.5. The van der Waals surface area contributed by atoms with Gasteiger partial charge in [0.15, 0.2) is 12.2 Å². The standard InChI is InChI=1S/C19H22ClN5O2/c1-12-4-6-14(7-5-12)11-25-17(26)15-16(22(3)19(25)27)21-18-23(9-8-20)13(2)10-24(15)18/h4-7,10,15-16H,8-9,11H2,1-3H3. The van der Waals surface area contributed by atoms with Gasteiger partial charge in [0, 0.05) is 31.4 Å². The third kappa shape index (κ3) is 2.77. The monoisotopic (exact) mass is 387 g/mol. The minimum Gasteiger partial charge on any atom is -0.314 e. The number of carbonyl (C=O) groups is 2. The largest absolute Gasteiger partial charge is 0.328 e. The molecule has 0 saturated carbocycles. The number of rotatable bonds is 4. The number of nitrogens with zero attached hydrogens (tertiary/aromatic N) is 5. The van der Waals surface area contributed by atoms with Crippen molar-refractivity contribution in [2.45, 2.75) is 32.6 Å². The van der Waals surface area contributed by atoms with Crippen LogP contribution in [0.3, 0.4) is 0 Å². The highest BCUT2D eigenvalue weighted by Gasteiger charge is 2.54. The first-order valence-corrected chi connectivity index (χ1v) is 9.47. The van der Waals surface area contributed by atoms with Gasteiger partial charge in [0.25, 0.3) is 5.91 Å². The highest BCUT2D eigenvalue weighted by atomic mass is 35.5. The number of guanidine groups is 1. The summed E-state index contributed by atoms with van der Waals surface area (Å²) in [7, 11) is 1.70. The average Bonchev–Trinajstić information content (AvgIpc) is 3.15. The number of hydrogen-bond donors (Lipinski definition) is 0. The Morgan fingerprint density at radius 2 is 1.81 bits per heavy atom. The number of halogens is 1. The van der Waals surface area contributed by atoms with Gasteiger partial charge in [-0.15, -0.1) is 11.6 Å². The smallest absolute Gasteiger partial charge is 0.314 e. The molecule has 0 radical (unpaired) electrons. The van der Waals surface area contributed by atoms with Crippen LogP contribution < -0.4 is 0 Å². The van der Waals surface area contributed by atoms with Crippen LogP contribution >= 0.6 is 11.6 Å². The summed E-state index contributed by atoms with van der Waals surface area (Å²) in [5.74, 6) is 0.919. The van der Waals surface area contributed by atoms with E-state index in [1.54, 1.807) is 11.9 Å². The van der Waals surface area contributed by atoms with Gasteiger partial charge in [0.2, 0.25) is 5.96 Å². The molecule has 3 aliphatic rings. The molecular formula is C19H22ClN5O2. The van der Waals surface area contributed by atoms with Gasteiger partial charge in [-0.1, -0.05) is 29.8 Å². The second kappa shape index (κ2) is 6.56. The lowest BCUT2D eigenvalue weighted by atomic mass is 10.1. The van der Waals surface area contributed by atoms with Gasteiger partial charge in [-0.25, -0.2) is 9.79 Å². The Labute approximate surface area is 163 Å². The van der Waals surface area contributed by atoms with Crippen molar-refractivity contribution >= 4 is 29.5 Å². The number of aryl methyl sites for hydroxylation is 1. The van der Waals surface area contributed by atoms with E-state index in [1.165, 1.54) is 4.90 Å². The number of benzene rings is 1. The topological polar surface area (TPSA) is 59.5 Å². The van der Waals surface area contributed by atoms with Crippen molar-refractivity contribution < 1.29 is 9.59 Å². The van der Waals surface area contributed by atoms with Crippen LogP contribution in [-0.4, -0.2) is 69.2 Å². The number of aliphatic imine (C=N–C) groups is 1. The summed E-state index contributed by atoms with van der Waals surface area (Å²) in [6.45, 7) is 4.83. The molecule has 3 amide bonds. The maximum absolute atomic E-state index is 13.2. The van der Waals surface area contributed by atoms with Gasteiger partial charge in [0.1, 0.15) is 0 Å². The maximum Gasteiger partial charge on any atom is 0.328 e. The Morgan fingerprint density at radius 3 is 2.48 bits per heavy atom. The lowest BCUT2D eigenvalue weighted by Gasteiger charge is -2.40. The lowest BCUT2D eigenvalue weighted by Crippen LogP contribution is -2.63. The van der Waals surface area contributed by atoms with Crippen LogP contribution in [0.15, 0.2) is 41.2 Å². The number of likely N-dealkylation sites (N-methyl/N-ethyl adjacent to an activating group) is 1. The van der Waals surface area contributed by atoms with E-state index in [2.05, 4.69) is 4.99 Å². The number of amides is 3. The van der Waals surface area contributed by atoms with Crippen molar-refractivity contribution in [1.82, 2.24) is 19.6 Å². The van der Waals surface area contributed by atoms with Crippen molar-refractivity contribution in [2.24, 2.45) is 4.99 Å². The van der Waals surface area contributed by atoms with Crippen LogP contribution in [0.1, 0.15) is 18.1 Å². The van der Waals surface area contributed by atoms with Gasteiger partial charge in [-0.3, -0.25) is 9.69 Å². The fourth-order valence-corrected chi connectivity index (χ4v) is 3.95. The molecule has 1 saturated heterocycles. The number of urea groups is 1. The molecule has 0 bridgehead atoms. The molecule has 3 aliphatic heterocycles. The van der Waals surface area contributed by atoms with Crippen molar-refractivity contribution in [3.63, 3.8) is 0 Å². The molecule has 1 fully saturated rings. The minimum absolute atomic E-state index is 0.223. The first kappa shape index (κ1) is 17.9. The van der Waals surface area contributed by atoms with Crippen LogP contribution in [0.4, 0.5) is 4.79 Å². The summed E-state index contributed by atoms with van der Waals surface area (Å²) in [6.07, 6.45) is 1.40. The fraction of sp³-hybridized carbons (Fsp3) is 0.421. The second-order valence-electron chi connectivity index (χ2n) is 7.11. The third-order valence-electron chi connectivity index (χ3n) is 5.27. The zero-order valence-corrected chi connectivity index (χ0v) is 16.3. The number of carbonyl (C=O) groups excluding carboxylic acids is 2. The molecule has 142 valence electrons. The predicted molar refractivity (Wildman–Crippen MR) is 103 cm³/mol. The van der Waals surface area contributed by atoms with Crippen molar-refractivity contribution in [2.75, 3.05) is 19.5 Å². The molecule has 0 spiro atoms. The molecule has 0 aliphatic carbocycles. The van der Waals surface area contributed by atoms with E-state index in [1.807, 2.05) is 54.1 Å². The second-order valence-corrected chi connectivity index (χ2v) is 7.49. The van der Waals surface area contributed by atoms with E-state index in [9.17, 15) is 9.59 Å². The van der Waals surface area contributed by atoms with Crippen molar-refractivity contribution in [3.8, 4) is 0 Å². The zero-order valence-electron chi connectivity index (χ0n) is 15.6. The quantitative estimate of drug-likeness (QED) is 0.743. The number of imide groups is 1. The molecule has 1 aromatic carbocycles. The fourth-order valence-electron chi connectivity index (χ4n) is 3.78. The van der Waals surface area contributed by atoms with E-state index in [-0.39, 0.29) is 18.5 Å². The van der Waals surface area contributed by atoms with E-state index in [4.69, 9.17) is 11.6 Å². The summed E-state index contributed by atoms with van der Waals surface area (Å²) in [6, 6.07) is 6.99. The van der Waals surface area contributed by atoms with Crippen molar-refractivity contribution in [3.05, 3.63) is 47.3 Å². The molecule has 7 nitrogen and oxygen atoms in total. The molecule has 0 aromatic heterocycles. The molecule has 8 heteroatoms. The normalized spacial score (nSPS) is 24.3. The Bertz CT molecular complexity index is 850. The molecule has 2 unspecified atom stereocenters. The molecule has 1 aromatic rings. The van der Waals surface area contributed by atoms with Crippen LogP contribution in [-0.2, 0) is 11.3 Å². The van der Waals surface area contributed by atoms with Crippen LogP contribution in [0, 0.1) is 6.92 Å². The van der Waals surface area contributed by atoms with Crippen LogP contribution in [0.25, 0.3) is 0 Å². The number of hydrogen-bond acceptors (Lipinski definition) is 5. The Morgan fingerprint density at radius 1 is 1.11 bits per heavy atom. The van der Waals surface area contributed by atoms with Crippen LogP contribution in [0.2, 0.25) is 0 Å². The Kier molecular flexibility index (Phi) is 4.34. The van der Waals surface area contributed by atoms with Gasteiger partial charge in [-0.2, -0.15) is 0 Å². The van der Waals surface area contributed by atoms with E-state index >= 15 is 0 Å². The molecule has 2 atom stereocenters. The first-order chi connectivity index (χ1) is 12.9. The Balaban J connectivity index is 1.63. The summed E-state index contributed by atoms with van der Waals surface area (Å²) >= 11 is 5.91. The molecule has 4 rings (SSSR count). The van der Waals surface area contributed by atoms with Gasteiger partial charge < -0.3 is 14.7 Å². The van der Waals surface area contributed by atoms with Gasteiger partial charge >= 0.3 is 6.03 Å². The minimum atomic E-state index is -0.538. The zero-order chi connectivity index (χ0) is 19.3. The third-order valence-corrected chi connectivity index (χ3v) is 5.44. The molecule has 27 heavy (non-hydrogen) atoms. The average molecular weight is 388 g/mol. The number of fused-ring (bicyclic) bond motifs is 3. The lowest BCUT2D eigenvalue weighted by molar-refractivity contribution is -0.137. The van der Waals surface area contributed by atoms with Crippen molar-refractivity contribution in [1.29, 1.82) is 0 Å². The molecule has 3 heterocycles. The summed E-state index contributed by atoms with van der Waals surface area (Å²) in [5.41, 5.74) is 3.05. The molecular weight excluding hydrogens is 366 g/mol. The highest BCUT2D eigenvalue weighted by Crippen LogP contribution is 2.34. The SMILES string of the molecule is CC1=CN2C(=NC3C2C(=O)N(Cc2ccc(C)cc2)C(=O)N3C)N1CCCl. The van der Waals surface area contributed by atoms with Crippen LogP contribution in [0.5, 0.6) is 0 Å². The summed E-state index contributed by atoms with van der Waals surface area (Å²) in [5, 5.41) is 0. The van der Waals surface area contributed by atoms with Gasteiger partial charge in [0.05, 0.1) is 6.54 Å². The first-order valence-electron chi connectivity index (χ1n) is 8.94. The number of allylic oxidation sites excluding steroid dienone is 1. The highest BCUT2D eigenvalue weighted by molar-refractivity contribution is 6.18. The predicted octanol–water partition coefficient (Wildman–Crippen LogP) is 2.17. The maximum atomic E-state index is 13.2. The molecule has 0 N–H and O–H groups in total. The Hall–Kier alpha value is -2.54. The van der Waals surface area contributed by atoms with E-state index < -0.39 is 12.2 Å². The van der Waals surface area contributed by atoms with Gasteiger partial charge in [-0.05, 0) is 19.4 Å². The van der Waals surface area contributed by atoms with E-state index in [0.29, 0.717) is 18.4 Å². The van der Waals surface area contributed by atoms with E-state index in [0.717, 1.165) is 16.8 Å². The number of alkyl halides is 1.